The first-order chi connectivity index (χ1) is 11.6. The second-order valence-electron chi connectivity index (χ2n) is 6.97. The van der Waals surface area contributed by atoms with Crippen LogP contribution in [0.1, 0.15) is 63.9 Å². The van der Waals surface area contributed by atoms with Gasteiger partial charge < -0.3 is 9.67 Å². The SMILES string of the molecule is CC(C)n1c(C2CCCN2CCCCC(=O)O)nc2ccccc21. The molecular weight excluding hydrogens is 302 g/mol. The van der Waals surface area contributed by atoms with E-state index in [1.807, 2.05) is 6.07 Å². The van der Waals surface area contributed by atoms with E-state index in [1.165, 1.54) is 17.8 Å². The molecule has 24 heavy (non-hydrogen) atoms. The predicted molar refractivity (Wildman–Crippen MR) is 95.2 cm³/mol. The lowest BCUT2D eigenvalue weighted by Gasteiger charge is -2.26. The van der Waals surface area contributed by atoms with Gasteiger partial charge in [-0.2, -0.15) is 0 Å². The van der Waals surface area contributed by atoms with Crippen LogP contribution >= 0.6 is 0 Å². The number of hydrogen-bond acceptors (Lipinski definition) is 3. The summed E-state index contributed by atoms with van der Waals surface area (Å²) in [5.74, 6) is 0.469. The van der Waals surface area contributed by atoms with Crippen LogP contribution in [-0.4, -0.2) is 38.6 Å². The number of carboxylic acids is 1. The van der Waals surface area contributed by atoms with E-state index in [0.29, 0.717) is 12.1 Å². The molecule has 1 aromatic heterocycles. The van der Waals surface area contributed by atoms with Crippen molar-refractivity contribution in [2.45, 2.75) is 58.0 Å². The van der Waals surface area contributed by atoms with Crippen LogP contribution < -0.4 is 0 Å². The highest BCUT2D eigenvalue weighted by atomic mass is 16.4. The van der Waals surface area contributed by atoms with Gasteiger partial charge in [-0.25, -0.2) is 4.98 Å². The molecule has 0 amide bonds. The summed E-state index contributed by atoms with van der Waals surface area (Å²) < 4.78 is 2.37. The molecule has 1 atom stereocenters. The highest BCUT2D eigenvalue weighted by molar-refractivity contribution is 5.76. The minimum Gasteiger partial charge on any atom is -0.481 e. The third-order valence-electron chi connectivity index (χ3n) is 4.89. The average Bonchev–Trinajstić information content (AvgIpc) is 3.14. The van der Waals surface area contributed by atoms with E-state index in [0.717, 1.165) is 37.9 Å². The van der Waals surface area contributed by atoms with Crippen LogP contribution in [0.2, 0.25) is 0 Å². The van der Waals surface area contributed by atoms with Gasteiger partial charge >= 0.3 is 5.97 Å². The predicted octanol–water partition coefficient (Wildman–Crippen LogP) is 4.01. The van der Waals surface area contributed by atoms with Crippen molar-refractivity contribution in [2.24, 2.45) is 0 Å². The molecule has 1 aliphatic rings. The first-order valence-corrected chi connectivity index (χ1v) is 9.00. The Morgan fingerprint density at radius 2 is 2.12 bits per heavy atom. The fourth-order valence-electron chi connectivity index (χ4n) is 3.82. The molecule has 5 heteroatoms. The summed E-state index contributed by atoms with van der Waals surface area (Å²) in [6.45, 7) is 6.46. The van der Waals surface area contributed by atoms with Crippen LogP contribution in [0.4, 0.5) is 0 Å². The Labute approximate surface area is 143 Å². The number of hydrogen-bond donors (Lipinski definition) is 1. The van der Waals surface area contributed by atoms with Crippen LogP contribution in [0, 0.1) is 0 Å². The maximum atomic E-state index is 10.7. The van der Waals surface area contributed by atoms with Crippen LogP contribution in [0.25, 0.3) is 11.0 Å². The normalized spacial score (nSPS) is 18.7. The number of rotatable bonds is 7. The molecule has 0 aliphatic carbocycles. The van der Waals surface area contributed by atoms with E-state index in [-0.39, 0.29) is 6.42 Å². The van der Waals surface area contributed by atoms with E-state index in [1.54, 1.807) is 0 Å². The first-order valence-electron chi connectivity index (χ1n) is 9.00. The lowest BCUT2D eigenvalue weighted by Crippen LogP contribution is -2.27. The highest BCUT2D eigenvalue weighted by Gasteiger charge is 2.30. The molecule has 1 aromatic carbocycles. The Morgan fingerprint density at radius 3 is 2.88 bits per heavy atom. The fraction of sp³-hybridized carbons (Fsp3) is 0.579. The second-order valence-corrected chi connectivity index (χ2v) is 6.97. The first kappa shape index (κ1) is 17.0. The molecule has 0 bridgehead atoms. The molecule has 1 saturated heterocycles. The van der Waals surface area contributed by atoms with Crippen LogP contribution in [0.15, 0.2) is 24.3 Å². The van der Waals surface area contributed by atoms with Gasteiger partial charge in [0.05, 0.1) is 17.1 Å². The van der Waals surface area contributed by atoms with Gasteiger partial charge in [0.1, 0.15) is 5.82 Å². The second kappa shape index (κ2) is 7.34. The van der Waals surface area contributed by atoms with E-state index in [2.05, 4.69) is 41.5 Å². The smallest absolute Gasteiger partial charge is 0.303 e. The van der Waals surface area contributed by atoms with E-state index < -0.39 is 5.97 Å². The average molecular weight is 329 g/mol. The van der Waals surface area contributed by atoms with Crippen molar-refractivity contribution in [1.82, 2.24) is 14.5 Å². The monoisotopic (exact) mass is 329 g/mol. The number of fused-ring (bicyclic) bond motifs is 1. The molecule has 3 rings (SSSR count). The number of imidazole rings is 1. The number of aromatic nitrogens is 2. The molecule has 0 radical (unpaired) electrons. The Balaban J connectivity index is 1.80. The molecule has 0 saturated carbocycles. The number of benzene rings is 1. The van der Waals surface area contributed by atoms with E-state index in [4.69, 9.17) is 10.1 Å². The number of aliphatic carboxylic acids is 1. The van der Waals surface area contributed by atoms with Crippen molar-refractivity contribution in [2.75, 3.05) is 13.1 Å². The standard InChI is InChI=1S/C19H27N3O2/c1-14(2)22-16-9-4-3-8-15(16)20-19(22)17-10-7-13-21(17)12-6-5-11-18(23)24/h3-4,8-9,14,17H,5-7,10-13H2,1-2H3,(H,23,24). The molecule has 1 N–H and O–H groups in total. The van der Waals surface area contributed by atoms with Gasteiger partial charge in [-0.3, -0.25) is 9.69 Å². The molecule has 1 unspecified atom stereocenters. The number of carbonyl (C=O) groups is 1. The van der Waals surface area contributed by atoms with Gasteiger partial charge in [-0.05, 0) is 64.8 Å². The minimum atomic E-state index is -0.699. The third kappa shape index (κ3) is 3.46. The molecule has 1 aliphatic heterocycles. The number of likely N-dealkylation sites (tertiary alicyclic amines) is 1. The highest BCUT2D eigenvalue weighted by Crippen LogP contribution is 2.35. The van der Waals surface area contributed by atoms with Gasteiger partial charge in [0.25, 0.3) is 0 Å². The van der Waals surface area contributed by atoms with Crippen molar-refractivity contribution in [1.29, 1.82) is 0 Å². The Hall–Kier alpha value is -1.88. The Bertz CT molecular complexity index is 708. The number of unbranched alkanes of at least 4 members (excludes halogenated alkanes) is 1. The molecular formula is C19H27N3O2. The zero-order valence-corrected chi connectivity index (χ0v) is 14.6. The summed E-state index contributed by atoms with van der Waals surface area (Å²) in [6.07, 6.45) is 4.27. The molecule has 2 heterocycles. The summed E-state index contributed by atoms with van der Waals surface area (Å²) in [5.41, 5.74) is 2.28. The van der Waals surface area contributed by atoms with E-state index in [9.17, 15) is 4.79 Å². The van der Waals surface area contributed by atoms with Crippen molar-refractivity contribution in [3.05, 3.63) is 30.1 Å². The fourth-order valence-corrected chi connectivity index (χ4v) is 3.82. The number of carboxylic acid groups (broad SMARTS) is 1. The van der Waals surface area contributed by atoms with Gasteiger partial charge in [-0.15, -0.1) is 0 Å². The maximum Gasteiger partial charge on any atom is 0.303 e. The van der Waals surface area contributed by atoms with Gasteiger partial charge in [0.15, 0.2) is 0 Å². The maximum absolute atomic E-state index is 10.7. The Morgan fingerprint density at radius 1 is 1.33 bits per heavy atom. The van der Waals surface area contributed by atoms with Crippen LogP contribution in [0.3, 0.4) is 0 Å². The van der Waals surface area contributed by atoms with Gasteiger partial charge in [0.2, 0.25) is 0 Å². The lowest BCUT2D eigenvalue weighted by atomic mass is 10.1. The summed E-state index contributed by atoms with van der Waals surface area (Å²) in [4.78, 5) is 18.1. The third-order valence-corrected chi connectivity index (χ3v) is 4.89. The van der Waals surface area contributed by atoms with E-state index >= 15 is 0 Å². The molecule has 0 spiro atoms. The topological polar surface area (TPSA) is 58.4 Å². The molecule has 2 aromatic rings. The van der Waals surface area contributed by atoms with Crippen LogP contribution in [-0.2, 0) is 4.79 Å². The largest absolute Gasteiger partial charge is 0.481 e. The molecule has 130 valence electrons. The Kier molecular flexibility index (Phi) is 5.19. The summed E-state index contributed by atoms with van der Waals surface area (Å²) in [6, 6.07) is 9.08. The quantitative estimate of drug-likeness (QED) is 0.780. The van der Waals surface area contributed by atoms with Gasteiger partial charge in [0, 0.05) is 12.5 Å². The molecule has 1 fully saturated rings. The molecule has 5 nitrogen and oxygen atoms in total. The summed E-state index contributed by atoms with van der Waals surface area (Å²) in [7, 11) is 0. The van der Waals surface area contributed by atoms with Crippen molar-refractivity contribution < 1.29 is 9.90 Å². The van der Waals surface area contributed by atoms with Crippen LogP contribution in [0.5, 0.6) is 0 Å². The van der Waals surface area contributed by atoms with Crippen molar-refractivity contribution in [3.63, 3.8) is 0 Å². The zero-order valence-electron chi connectivity index (χ0n) is 14.6. The lowest BCUT2D eigenvalue weighted by molar-refractivity contribution is -0.137. The number of nitrogens with zero attached hydrogens (tertiary/aromatic N) is 3. The summed E-state index contributed by atoms with van der Waals surface area (Å²) in [5, 5.41) is 8.79. The number of para-hydroxylation sites is 2. The zero-order chi connectivity index (χ0) is 17.1. The summed E-state index contributed by atoms with van der Waals surface area (Å²) >= 11 is 0. The minimum absolute atomic E-state index is 0.267. The van der Waals surface area contributed by atoms with Gasteiger partial charge in [-0.1, -0.05) is 12.1 Å². The van der Waals surface area contributed by atoms with Crippen molar-refractivity contribution in [3.8, 4) is 0 Å². The van der Waals surface area contributed by atoms with Crippen molar-refractivity contribution >= 4 is 17.0 Å².